The molecule has 118 valence electrons. The molecule has 0 bridgehead atoms. The number of anilines is 1. The normalized spacial score (nSPS) is 18.0. The summed E-state index contributed by atoms with van der Waals surface area (Å²) in [5, 5.41) is 6.62. The lowest BCUT2D eigenvalue weighted by molar-refractivity contribution is -0.118. The highest BCUT2D eigenvalue weighted by atomic mass is 35.5. The second-order valence-corrected chi connectivity index (χ2v) is 5.71. The number of carbonyl (C=O) groups is 1. The quantitative estimate of drug-likeness (QED) is 0.885. The Bertz CT molecular complexity index is 475. The highest BCUT2D eigenvalue weighted by Gasteiger charge is 2.20. The monoisotopic (exact) mass is 332 g/mol. The first kappa shape index (κ1) is 18.1. The predicted molar refractivity (Wildman–Crippen MR) is 88.7 cm³/mol. The molecule has 1 saturated heterocycles. The molecule has 1 atom stereocenters. The lowest BCUT2D eigenvalue weighted by atomic mass is 10.0. The number of hydrogen-bond acceptors (Lipinski definition) is 3. The predicted octanol–water partition coefficient (Wildman–Crippen LogP) is 3.63. The summed E-state index contributed by atoms with van der Waals surface area (Å²) in [4.78, 5) is 12.1. The van der Waals surface area contributed by atoms with Crippen LogP contribution in [0, 0.1) is 0 Å². The molecular weight excluding hydrogens is 311 g/mol. The van der Waals surface area contributed by atoms with Gasteiger partial charge < -0.3 is 15.4 Å². The molecule has 2 N–H and O–H groups in total. The van der Waals surface area contributed by atoms with Gasteiger partial charge in [0.25, 0.3) is 0 Å². The Morgan fingerprint density at radius 1 is 1.43 bits per heavy atom. The standard InChI is InChI=1S/C15H21ClN2O2.ClH/c1-10(2)20-14-7-6-11(9-12(14)16)18-15(19)13-5-3-4-8-17-13;/h6-7,9-10,13,17H,3-5,8H2,1-2H3,(H,18,19);1H/t13-;/m1./s1. The minimum Gasteiger partial charge on any atom is -0.489 e. The van der Waals surface area contributed by atoms with Gasteiger partial charge in [-0.3, -0.25) is 4.79 Å². The van der Waals surface area contributed by atoms with Crippen molar-refractivity contribution in [2.75, 3.05) is 11.9 Å². The summed E-state index contributed by atoms with van der Waals surface area (Å²) in [5.74, 6) is 0.633. The number of halogens is 2. The second-order valence-electron chi connectivity index (χ2n) is 5.30. The van der Waals surface area contributed by atoms with E-state index in [9.17, 15) is 4.79 Å². The van der Waals surface area contributed by atoms with Crippen LogP contribution >= 0.6 is 24.0 Å². The number of rotatable bonds is 4. The minimum atomic E-state index is -0.103. The number of hydrogen-bond donors (Lipinski definition) is 2. The molecule has 6 heteroatoms. The molecular formula is C15H22Cl2N2O2. The van der Waals surface area contributed by atoms with Gasteiger partial charge in [-0.05, 0) is 51.4 Å². The highest BCUT2D eigenvalue weighted by Crippen LogP contribution is 2.28. The number of benzene rings is 1. The van der Waals surface area contributed by atoms with Crippen LogP contribution in [0.25, 0.3) is 0 Å². The number of nitrogens with one attached hydrogen (secondary N) is 2. The molecule has 1 aliphatic rings. The first-order valence-corrected chi connectivity index (χ1v) is 7.44. The van der Waals surface area contributed by atoms with E-state index in [0.717, 1.165) is 25.8 Å². The molecule has 0 saturated carbocycles. The van der Waals surface area contributed by atoms with E-state index < -0.39 is 0 Å². The zero-order valence-corrected chi connectivity index (χ0v) is 13.9. The first-order chi connectivity index (χ1) is 9.56. The topological polar surface area (TPSA) is 50.4 Å². The Morgan fingerprint density at radius 2 is 2.19 bits per heavy atom. The smallest absolute Gasteiger partial charge is 0.241 e. The molecule has 1 aliphatic heterocycles. The molecule has 1 aromatic rings. The van der Waals surface area contributed by atoms with E-state index in [1.165, 1.54) is 0 Å². The van der Waals surface area contributed by atoms with Crippen molar-refractivity contribution >= 4 is 35.6 Å². The van der Waals surface area contributed by atoms with Gasteiger partial charge in [0, 0.05) is 5.69 Å². The summed E-state index contributed by atoms with van der Waals surface area (Å²) < 4.78 is 5.56. The third-order valence-electron chi connectivity index (χ3n) is 3.19. The van der Waals surface area contributed by atoms with Crippen LogP contribution in [0.15, 0.2) is 18.2 Å². The number of piperidine rings is 1. The summed E-state index contributed by atoms with van der Waals surface area (Å²) in [5.41, 5.74) is 0.698. The molecule has 1 aromatic carbocycles. The Hall–Kier alpha value is -0.970. The van der Waals surface area contributed by atoms with Gasteiger partial charge in [0.05, 0.1) is 17.2 Å². The molecule has 21 heavy (non-hydrogen) atoms. The molecule has 1 fully saturated rings. The van der Waals surface area contributed by atoms with Crippen LogP contribution in [0.5, 0.6) is 5.75 Å². The van der Waals surface area contributed by atoms with E-state index in [1.807, 2.05) is 19.9 Å². The highest BCUT2D eigenvalue weighted by molar-refractivity contribution is 6.32. The van der Waals surface area contributed by atoms with Crippen molar-refractivity contribution in [3.63, 3.8) is 0 Å². The fourth-order valence-corrected chi connectivity index (χ4v) is 2.46. The minimum absolute atomic E-state index is 0. The van der Waals surface area contributed by atoms with Crippen molar-refractivity contribution in [1.82, 2.24) is 5.32 Å². The van der Waals surface area contributed by atoms with E-state index >= 15 is 0 Å². The van der Waals surface area contributed by atoms with Gasteiger partial charge >= 0.3 is 0 Å². The van der Waals surface area contributed by atoms with Crippen LogP contribution in [0.3, 0.4) is 0 Å². The first-order valence-electron chi connectivity index (χ1n) is 7.06. The summed E-state index contributed by atoms with van der Waals surface area (Å²) in [7, 11) is 0. The van der Waals surface area contributed by atoms with Gasteiger partial charge in [-0.1, -0.05) is 18.0 Å². The average Bonchev–Trinajstić information content (AvgIpc) is 2.42. The average molecular weight is 333 g/mol. The van der Waals surface area contributed by atoms with E-state index in [-0.39, 0.29) is 30.5 Å². The van der Waals surface area contributed by atoms with Gasteiger partial charge in [-0.15, -0.1) is 12.4 Å². The van der Waals surface area contributed by atoms with Crippen molar-refractivity contribution in [3.05, 3.63) is 23.2 Å². The lowest BCUT2D eigenvalue weighted by Crippen LogP contribution is -2.43. The Balaban J connectivity index is 0.00000220. The maximum Gasteiger partial charge on any atom is 0.241 e. The van der Waals surface area contributed by atoms with Crippen LogP contribution in [0.4, 0.5) is 5.69 Å². The maximum absolute atomic E-state index is 12.1. The van der Waals surface area contributed by atoms with Crippen LogP contribution in [-0.4, -0.2) is 24.6 Å². The van der Waals surface area contributed by atoms with Crippen molar-refractivity contribution in [3.8, 4) is 5.75 Å². The Labute approximate surface area is 137 Å². The van der Waals surface area contributed by atoms with Gasteiger partial charge in [0.1, 0.15) is 5.75 Å². The number of ether oxygens (including phenoxy) is 1. The summed E-state index contributed by atoms with van der Waals surface area (Å²) in [6.07, 6.45) is 3.18. The maximum atomic E-state index is 12.1. The molecule has 0 radical (unpaired) electrons. The summed E-state index contributed by atoms with van der Waals surface area (Å²) >= 11 is 6.15. The van der Waals surface area contributed by atoms with Gasteiger partial charge in [-0.2, -0.15) is 0 Å². The second kappa shape index (κ2) is 8.47. The summed E-state index contributed by atoms with van der Waals surface area (Å²) in [6, 6.07) is 5.21. The van der Waals surface area contributed by atoms with E-state index in [4.69, 9.17) is 16.3 Å². The molecule has 0 unspecified atom stereocenters. The van der Waals surface area contributed by atoms with Crippen molar-refractivity contribution < 1.29 is 9.53 Å². The van der Waals surface area contributed by atoms with Crippen molar-refractivity contribution in [2.45, 2.75) is 45.3 Å². The molecule has 2 rings (SSSR count). The number of carbonyl (C=O) groups excluding carboxylic acids is 1. The van der Waals surface area contributed by atoms with Gasteiger partial charge in [0.15, 0.2) is 0 Å². The Kier molecular flexibility index (Phi) is 7.29. The molecule has 1 heterocycles. The molecule has 0 spiro atoms. The zero-order valence-electron chi connectivity index (χ0n) is 12.3. The molecule has 0 aliphatic carbocycles. The van der Waals surface area contributed by atoms with Crippen LogP contribution in [0.1, 0.15) is 33.1 Å². The van der Waals surface area contributed by atoms with Crippen LogP contribution in [-0.2, 0) is 4.79 Å². The third-order valence-corrected chi connectivity index (χ3v) is 3.48. The fourth-order valence-electron chi connectivity index (χ4n) is 2.23. The van der Waals surface area contributed by atoms with Crippen LogP contribution < -0.4 is 15.4 Å². The van der Waals surface area contributed by atoms with E-state index in [2.05, 4.69) is 10.6 Å². The van der Waals surface area contributed by atoms with Crippen molar-refractivity contribution in [2.24, 2.45) is 0 Å². The molecule has 1 amide bonds. The fraction of sp³-hybridized carbons (Fsp3) is 0.533. The van der Waals surface area contributed by atoms with Crippen LogP contribution in [0.2, 0.25) is 5.02 Å². The molecule has 0 aromatic heterocycles. The van der Waals surface area contributed by atoms with E-state index in [0.29, 0.717) is 16.5 Å². The lowest BCUT2D eigenvalue weighted by Gasteiger charge is -2.22. The summed E-state index contributed by atoms with van der Waals surface area (Å²) in [6.45, 7) is 4.79. The SMILES string of the molecule is CC(C)Oc1ccc(NC(=O)[C@H]2CCCCN2)cc1Cl.Cl. The van der Waals surface area contributed by atoms with Gasteiger partial charge in [-0.25, -0.2) is 0 Å². The van der Waals surface area contributed by atoms with Crippen molar-refractivity contribution in [1.29, 1.82) is 0 Å². The Morgan fingerprint density at radius 3 is 2.76 bits per heavy atom. The number of amides is 1. The molecule has 4 nitrogen and oxygen atoms in total. The van der Waals surface area contributed by atoms with E-state index in [1.54, 1.807) is 12.1 Å². The zero-order chi connectivity index (χ0) is 14.5. The third kappa shape index (κ3) is 5.38. The largest absolute Gasteiger partial charge is 0.489 e. The van der Waals surface area contributed by atoms with Gasteiger partial charge in [0.2, 0.25) is 5.91 Å².